The monoisotopic (exact) mass is 248 g/mol. The third kappa shape index (κ3) is 2.09. The van der Waals surface area contributed by atoms with Gasteiger partial charge >= 0.3 is 0 Å². The van der Waals surface area contributed by atoms with E-state index in [1.807, 2.05) is 11.3 Å². The van der Waals surface area contributed by atoms with Crippen LogP contribution in [0.25, 0.3) is 0 Å². The summed E-state index contributed by atoms with van der Waals surface area (Å²) in [5.41, 5.74) is 1.60. The SMILES string of the molecule is CCCc1ccsc1[Si](C)(C)C1=CCC=C1. The molecule has 1 aliphatic rings. The summed E-state index contributed by atoms with van der Waals surface area (Å²) in [7, 11) is -1.38. The number of allylic oxidation sites excluding steroid dienone is 4. The number of hydrogen-bond donors (Lipinski definition) is 0. The van der Waals surface area contributed by atoms with Crippen LogP contribution in [-0.4, -0.2) is 8.07 Å². The predicted molar refractivity (Wildman–Crippen MR) is 77.3 cm³/mol. The molecule has 86 valence electrons. The van der Waals surface area contributed by atoms with Gasteiger partial charge in [-0.25, -0.2) is 0 Å². The van der Waals surface area contributed by atoms with Gasteiger partial charge in [0.05, 0.1) is 0 Å². The Hall–Kier alpha value is -0.603. The van der Waals surface area contributed by atoms with Crippen molar-refractivity contribution in [2.75, 3.05) is 0 Å². The number of rotatable bonds is 4. The van der Waals surface area contributed by atoms with Crippen LogP contribution in [0.15, 0.2) is 34.9 Å². The van der Waals surface area contributed by atoms with E-state index in [1.54, 1.807) is 15.3 Å². The van der Waals surface area contributed by atoms with Crippen LogP contribution in [-0.2, 0) is 6.42 Å². The molecule has 0 aliphatic heterocycles. The van der Waals surface area contributed by atoms with Gasteiger partial charge < -0.3 is 0 Å². The number of hydrogen-bond acceptors (Lipinski definition) is 1. The van der Waals surface area contributed by atoms with Gasteiger partial charge in [0.25, 0.3) is 0 Å². The van der Waals surface area contributed by atoms with E-state index >= 15 is 0 Å². The number of aryl methyl sites for hydroxylation is 1. The van der Waals surface area contributed by atoms with E-state index in [1.165, 1.54) is 12.8 Å². The fourth-order valence-electron chi connectivity index (χ4n) is 2.40. The topological polar surface area (TPSA) is 0 Å². The second kappa shape index (κ2) is 4.72. The largest absolute Gasteiger partial charge is 0.153 e. The molecule has 0 N–H and O–H groups in total. The van der Waals surface area contributed by atoms with Crippen LogP contribution in [0.2, 0.25) is 13.1 Å². The molecule has 1 aromatic rings. The van der Waals surface area contributed by atoms with Gasteiger partial charge in [0.15, 0.2) is 0 Å². The van der Waals surface area contributed by atoms with E-state index in [0.29, 0.717) is 0 Å². The first-order chi connectivity index (χ1) is 7.66. The summed E-state index contributed by atoms with van der Waals surface area (Å²) in [5.74, 6) is 0. The summed E-state index contributed by atoms with van der Waals surface area (Å²) in [6.07, 6.45) is 10.7. The standard InChI is InChI=1S/C14H20SSi/c1-4-7-12-10-11-15-14(12)16(2,3)13-8-5-6-9-13/h5,8-11H,4,6-7H2,1-3H3. The van der Waals surface area contributed by atoms with Gasteiger partial charge in [0, 0.05) is 0 Å². The number of thiophene rings is 1. The van der Waals surface area contributed by atoms with E-state index in [9.17, 15) is 0 Å². The maximum Gasteiger partial charge on any atom is 0.124 e. The first kappa shape index (κ1) is 11.9. The van der Waals surface area contributed by atoms with Crippen LogP contribution in [0.4, 0.5) is 0 Å². The average Bonchev–Trinajstić information content (AvgIpc) is 2.88. The lowest BCUT2D eigenvalue weighted by Gasteiger charge is -2.23. The van der Waals surface area contributed by atoms with E-state index < -0.39 is 8.07 Å². The van der Waals surface area contributed by atoms with Gasteiger partial charge in [-0.1, -0.05) is 49.9 Å². The van der Waals surface area contributed by atoms with Crippen molar-refractivity contribution in [2.45, 2.75) is 39.3 Å². The Kier molecular flexibility index (Phi) is 3.50. The fourth-order valence-corrected chi connectivity index (χ4v) is 7.27. The Bertz CT molecular complexity index is 424. The minimum Gasteiger partial charge on any atom is -0.153 e. The molecule has 0 aromatic carbocycles. The molecule has 0 radical (unpaired) electrons. The second-order valence-electron chi connectivity index (χ2n) is 4.95. The molecule has 1 aromatic heterocycles. The Morgan fingerprint density at radius 1 is 1.38 bits per heavy atom. The zero-order chi connectivity index (χ0) is 11.6. The molecule has 0 spiro atoms. The smallest absolute Gasteiger partial charge is 0.124 e. The molecule has 0 nitrogen and oxygen atoms in total. The highest BCUT2D eigenvalue weighted by molar-refractivity contribution is 7.27. The lowest BCUT2D eigenvalue weighted by molar-refractivity contribution is 0.930. The van der Waals surface area contributed by atoms with Crippen LogP contribution in [0.1, 0.15) is 25.3 Å². The third-order valence-corrected chi connectivity index (χ3v) is 9.25. The van der Waals surface area contributed by atoms with Crippen LogP contribution in [0.5, 0.6) is 0 Å². The summed E-state index contributed by atoms with van der Waals surface area (Å²) in [4.78, 5) is 0. The lowest BCUT2D eigenvalue weighted by atomic mass is 10.2. The van der Waals surface area contributed by atoms with Crippen LogP contribution in [0, 0.1) is 0 Å². The molecule has 0 amide bonds. The Balaban J connectivity index is 2.34. The predicted octanol–water partition coefficient (Wildman–Crippen LogP) is 4.04. The first-order valence-corrected chi connectivity index (χ1v) is 9.98. The summed E-state index contributed by atoms with van der Waals surface area (Å²) < 4.78 is 1.69. The van der Waals surface area contributed by atoms with Crippen molar-refractivity contribution in [1.82, 2.24) is 0 Å². The van der Waals surface area contributed by atoms with Crippen molar-refractivity contribution in [3.63, 3.8) is 0 Å². The Morgan fingerprint density at radius 3 is 2.81 bits per heavy atom. The maximum atomic E-state index is 2.49. The molecular formula is C14H20SSi. The van der Waals surface area contributed by atoms with Gasteiger partial charge in [-0.2, -0.15) is 11.3 Å². The van der Waals surface area contributed by atoms with E-state index in [2.05, 4.69) is 49.7 Å². The normalized spacial score (nSPS) is 15.6. The summed E-state index contributed by atoms with van der Waals surface area (Å²) in [5, 5.41) is 3.89. The zero-order valence-electron chi connectivity index (χ0n) is 10.4. The third-order valence-electron chi connectivity index (χ3n) is 3.33. The first-order valence-electron chi connectivity index (χ1n) is 6.10. The minimum atomic E-state index is -1.38. The van der Waals surface area contributed by atoms with Crippen LogP contribution in [0.3, 0.4) is 0 Å². The van der Waals surface area contributed by atoms with E-state index in [4.69, 9.17) is 0 Å². The molecule has 0 saturated heterocycles. The molecule has 2 heteroatoms. The summed E-state index contributed by atoms with van der Waals surface area (Å²) in [6, 6.07) is 2.33. The minimum absolute atomic E-state index is 1.14. The van der Waals surface area contributed by atoms with Crippen molar-refractivity contribution in [2.24, 2.45) is 0 Å². The zero-order valence-corrected chi connectivity index (χ0v) is 12.2. The van der Waals surface area contributed by atoms with Crippen molar-refractivity contribution in [3.05, 3.63) is 40.4 Å². The molecule has 0 fully saturated rings. The Morgan fingerprint density at radius 2 is 2.19 bits per heavy atom. The molecule has 2 rings (SSSR count). The van der Waals surface area contributed by atoms with Crippen molar-refractivity contribution in [1.29, 1.82) is 0 Å². The molecule has 16 heavy (non-hydrogen) atoms. The maximum absolute atomic E-state index is 2.49. The van der Waals surface area contributed by atoms with Gasteiger partial charge in [-0.15, -0.1) is 0 Å². The van der Waals surface area contributed by atoms with Crippen molar-refractivity contribution in [3.8, 4) is 0 Å². The van der Waals surface area contributed by atoms with Crippen LogP contribution < -0.4 is 4.50 Å². The molecule has 1 heterocycles. The molecule has 0 atom stereocenters. The molecule has 0 unspecified atom stereocenters. The summed E-state index contributed by atoms with van der Waals surface area (Å²) in [6.45, 7) is 7.24. The fraction of sp³-hybridized carbons (Fsp3) is 0.429. The van der Waals surface area contributed by atoms with E-state index in [0.717, 1.165) is 6.42 Å². The highest BCUT2D eigenvalue weighted by Gasteiger charge is 2.30. The molecule has 0 bridgehead atoms. The highest BCUT2D eigenvalue weighted by Crippen LogP contribution is 2.25. The quantitative estimate of drug-likeness (QED) is 0.705. The van der Waals surface area contributed by atoms with Gasteiger partial charge in [0.2, 0.25) is 0 Å². The average molecular weight is 248 g/mol. The van der Waals surface area contributed by atoms with Crippen molar-refractivity contribution < 1.29 is 0 Å². The second-order valence-corrected chi connectivity index (χ2v) is 10.6. The molecule has 1 aliphatic carbocycles. The Labute approximate surface area is 104 Å². The summed E-state index contributed by atoms with van der Waals surface area (Å²) >= 11 is 1.97. The van der Waals surface area contributed by atoms with Gasteiger partial charge in [0.1, 0.15) is 8.07 Å². The molecule has 0 saturated carbocycles. The lowest BCUT2D eigenvalue weighted by Crippen LogP contribution is -2.43. The van der Waals surface area contributed by atoms with E-state index in [-0.39, 0.29) is 0 Å². The highest BCUT2D eigenvalue weighted by atomic mass is 32.1. The van der Waals surface area contributed by atoms with Crippen molar-refractivity contribution >= 4 is 23.9 Å². The molecular weight excluding hydrogens is 228 g/mol. The van der Waals surface area contributed by atoms with Crippen LogP contribution >= 0.6 is 11.3 Å². The van der Waals surface area contributed by atoms with Gasteiger partial charge in [-0.3, -0.25) is 0 Å². The van der Waals surface area contributed by atoms with Gasteiger partial charge in [-0.05, 0) is 34.4 Å².